The second kappa shape index (κ2) is 15.8. The van der Waals surface area contributed by atoms with E-state index in [9.17, 15) is 29.4 Å². The van der Waals surface area contributed by atoms with Crippen molar-refractivity contribution in [3.8, 4) is 5.75 Å². The molecular weight excluding hydrogens is 478 g/mol. The highest BCUT2D eigenvalue weighted by Gasteiger charge is 2.31. The third-order valence-corrected chi connectivity index (χ3v) is 5.88. The molecule has 0 bridgehead atoms. The lowest BCUT2D eigenvalue weighted by Gasteiger charge is -2.27. The lowest BCUT2D eigenvalue weighted by Crippen LogP contribution is -2.58. The number of benzene rings is 1. The molecule has 0 aliphatic carbocycles. The van der Waals surface area contributed by atoms with E-state index in [1.54, 1.807) is 26.0 Å². The fourth-order valence-electron chi connectivity index (χ4n) is 3.76. The SMILES string of the molecule is CC(C)CC(NC(=O)C(CCCCN)NC(=O)C(N)Cc1ccc(O)cc1)C(=O)NC(C(=O)O)C(C)C. The van der Waals surface area contributed by atoms with E-state index in [2.05, 4.69) is 16.0 Å². The van der Waals surface area contributed by atoms with Crippen molar-refractivity contribution in [1.29, 1.82) is 0 Å². The van der Waals surface area contributed by atoms with Crippen molar-refractivity contribution >= 4 is 23.7 Å². The molecule has 0 saturated heterocycles. The maximum absolute atomic E-state index is 13.2. The predicted octanol–water partition coefficient (Wildman–Crippen LogP) is 0.632. The lowest BCUT2D eigenvalue weighted by atomic mass is 9.99. The van der Waals surface area contributed by atoms with Crippen molar-refractivity contribution < 1.29 is 29.4 Å². The van der Waals surface area contributed by atoms with E-state index in [0.717, 1.165) is 5.56 Å². The molecule has 208 valence electrons. The Hall–Kier alpha value is -3.18. The molecule has 4 unspecified atom stereocenters. The Balaban J connectivity index is 2.97. The van der Waals surface area contributed by atoms with Gasteiger partial charge in [-0.05, 0) is 68.2 Å². The fourth-order valence-corrected chi connectivity index (χ4v) is 3.76. The number of carbonyl (C=O) groups is 4. The average molecular weight is 522 g/mol. The molecule has 0 fully saturated rings. The number of rotatable bonds is 16. The molecule has 3 amide bonds. The van der Waals surface area contributed by atoms with Crippen molar-refractivity contribution in [2.75, 3.05) is 6.54 Å². The third-order valence-electron chi connectivity index (χ3n) is 5.88. The van der Waals surface area contributed by atoms with E-state index in [-0.39, 0.29) is 30.4 Å². The number of carboxylic acid groups (broad SMARTS) is 1. The number of phenolic OH excluding ortho intramolecular Hbond substituents is 1. The molecule has 1 aromatic rings. The summed E-state index contributed by atoms with van der Waals surface area (Å²) in [6.45, 7) is 7.55. The van der Waals surface area contributed by atoms with Crippen LogP contribution in [0.3, 0.4) is 0 Å². The molecule has 0 heterocycles. The smallest absolute Gasteiger partial charge is 0.326 e. The number of hydrogen-bond donors (Lipinski definition) is 7. The highest BCUT2D eigenvalue weighted by atomic mass is 16.4. The number of unbranched alkanes of at least 4 members (excludes halogenated alkanes) is 1. The lowest BCUT2D eigenvalue weighted by molar-refractivity contribution is -0.143. The van der Waals surface area contributed by atoms with Crippen LogP contribution >= 0.6 is 0 Å². The molecule has 1 rings (SSSR count). The van der Waals surface area contributed by atoms with Gasteiger partial charge in [-0.1, -0.05) is 39.8 Å². The largest absolute Gasteiger partial charge is 0.508 e. The average Bonchev–Trinajstić information content (AvgIpc) is 2.81. The molecular formula is C26H43N5O6. The van der Waals surface area contributed by atoms with Gasteiger partial charge in [0.15, 0.2) is 0 Å². The summed E-state index contributed by atoms with van der Waals surface area (Å²) >= 11 is 0. The van der Waals surface area contributed by atoms with Crippen LogP contribution in [0.15, 0.2) is 24.3 Å². The molecule has 0 aromatic heterocycles. The standard InChI is InChI=1S/C26H43N5O6/c1-15(2)13-21(25(35)31-22(16(3)4)26(36)37)30-24(34)20(7-5-6-12-27)29-23(33)19(28)14-17-8-10-18(32)11-9-17/h8-11,15-16,19-22,32H,5-7,12-14,27-28H2,1-4H3,(H,29,33)(H,30,34)(H,31,35)(H,36,37). The van der Waals surface area contributed by atoms with Gasteiger partial charge in [-0.15, -0.1) is 0 Å². The summed E-state index contributed by atoms with van der Waals surface area (Å²) in [7, 11) is 0. The van der Waals surface area contributed by atoms with Gasteiger partial charge in [-0.2, -0.15) is 0 Å². The van der Waals surface area contributed by atoms with Crippen molar-refractivity contribution in [3.05, 3.63) is 29.8 Å². The molecule has 11 nitrogen and oxygen atoms in total. The number of phenols is 1. The van der Waals surface area contributed by atoms with Gasteiger partial charge in [0.05, 0.1) is 6.04 Å². The van der Waals surface area contributed by atoms with Crippen LogP contribution in [0.4, 0.5) is 0 Å². The first-order chi connectivity index (χ1) is 17.3. The molecule has 0 radical (unpaired) electrons. The topological polar surface area (TPSA) is 197 Å². The number of hydrogen-bond acceptors (Lipinski definition) is 7. The van der Waals surface area contributed by atoms with Crippen molar-refractivity contribution in [3.63, 3.8) is 0 Å². The summed E-state index contributed by atoms with van der Waals surface area (Å²) < 4.78 is 0. The van der Waals surface area contributed by atoms with Gasteiger partial charge in [-0.3, -0.25) is 14.4 Å². The number of nitrogens with one attached hydrogen (secondary N) is 3. The number of carboxylic acids is 1. The van der Waals surface area contributed by atoms with Crippen LogP contribution in [0.25, 0.3) is 0 Å². The normalized spacial score (nSPS) is 14.5. The zero-order valence-corrected chi connectivity index (χ0v) is 22.2. The Labute approximate surface area is 218 Å². The minimum absolute atomic E-state index is 0.0300. The van der Waals surface area contributed by atoms with Crippen LogP contribution in [-0.2, 0) is 25.6 Å². The first-order valence-corrected chi connectivity index (χ1v) is 12.7. The Morgan fingerprint density at radius 2 is 1.43 bits per heavy atom. The van der Waals surface area contributed by atoms with E-state index in [1.165, 1.54) is 12.1 Å². The first kappa shape index (κ1) is 31.8. The van der Waals surface area contributed by atoms with Crippen molar-refractivity contribution in [2.24, 2.45) is 23.3 Å². The van der Waals surface area contributed by atoms with Gasteiger partial charge in [0.25, 0.3) is 0 Å². The van der Waals surface area contributed by atoms with Gasteiger partial charge in [0, 0.05) is 0 Å². The van der Waals surface area contributed by atoms with Crippen molar-refractivity contribution in [2.45, 2.75) is 84.0 Å². The summed E-state index contributed by atoms with van der Waals surface area (Å²) in [6.07, 6.45) is 1.99. The molecule has 11 heteroatoms. The molecule has 0 aliphatic heterocycles. The Morgan fingerprint density at radius 3 is 1.95 bits per heavy atom. The summed E-state index contributed by atoms with van der Waals surface area (Å²) in [5.41, 5.74) is 12.4. The quantitative estimate of drug-likeness (QED) is 0.154. The van der Waals surface area contributed by atoms with Crippen LogP contribution in [0.2, 0.25) is 0 Å². The molecule has 0 spiro atoms. The van der Waals surface area contributed by atoms with Crippen LogP contribution in [-0.4, -0.2) is 64.6 Å². The van der Waals surface area contributed by atoms with E-state index < -0.39 is 47.9 Å². The minimum Gasteiger partial charge on any atom is -0.508 e. The second-order valence-corrected chi connectivity index (χ2v) is 10.1. The third kappa shape index (κ3) is 11.6. The highest BCUT2D eigenvalue weighted by Crippen LogP contribution is 2.12. The van der Waals surface area contributed by atoms with E-state index in [1.807, 2.05) is 13.8 Å². The fraction of sp³-hybridized carbons (Fsp3) is 0.615. The Bertz CT molecular complexity index is 890. The molecule has 9 N–H and O–H groups in total. The van der Waals surface area contributed by atoms with Gasteiger partial charge in [0.1, 0.15) is 23.9 Å². The van der Waals surface area contributed by atoms with E-state index >= 15 is 0 Å². The van der Waals surface area contributed by atoms with Gasteiger partial charge in [0.2, 0.25) is 17.7 Å². The molecule has 0 saturated carbocycles. The number of aromatic hydroxyl groups is 1. The van der Waals surface area contributed by atoms with E-state index in [0.29, 0.717) is 25.8 Å². The van der Waals surface area contributed by atoms with Crippen LogP contribution in [0.1, 0.15) is 58.9 Å². The Kier molecular flexibility index (Phi) is 13.6. The van der Waals surface area contributed by atoms with Gasteiger partial charge >= 0.3 is 5.97 Å². The highest BCUT2D eigenvalue weighted by molar-refractivity contribution is 5.94. The predicted molar refractivity (Wildman–Crippen MR) is 140 cm³/mol. The summed E-state index contributed by atoms with van der Waals surface area (Å²) in [4.78, 5) is 50.5. The van der Waals surface area contributed by atoms with Crippen LogP contribution < -0.4 is 27.4 Å². The van der Waals surface area contributed by atoms with Crippen LogP contribution in [0, 0.1) is 11.8 Å². The first-order valence-electron chi connectivity index (χ1n) is 12.7. The maximum atomic E-state index is 13.2. The Morgan fingerprint density at radius 1 is 0.865 bits per heavy atom. The molecule has 1 aromatic carbocycles. The van der Waals surface area contributed by atoms with Gasteiger partial charge in [-0.25, -0.2) is 4.79 Å². The summed E-state index contributed by atoms with van der Waals surface area (Å²) in [6, 6.07) is 2.34. The van der Waals surface area contributed by atoms with Crippen LogP contribution in [0.5, 0.6) is 5.75 Å². The summed E-state index contributed by atoms with van der Waals surface area (Å²) in [5, 5.41) is 26.8. The van der Waals surface area contributed by atoms with Gasteiger partial charge < -0.3 is 37.6 Å². The van der Waals surface area contributed by atoms with E-state index in [4.69, 9.17) is 11.5 Å². The monoisotopic (exact) mass is 521 g/mol. The number of carbonyl (C=O) groups excluding carboxylic acids is 3. The number of aliphatic carboxylic acids is 1. The number of nitrogens with two attached hydrogens (primary N) is 2. The molecule has 37 heavy (non-hydrogen) atoms. The number of amides is 3. The summed E-state index contributed by atoms with van der Waals surface area (Å²) in [5.74, 6) is -3.07. The zero-order valence-electron chi connectivity index (χ0n) is 22.2. The second-order valence-electron chi connectivity index (χ2n) is 10.1. The van der Waals surface area contributed by atoms with Crippen molar-refractivity contribution in [1.82, 2.24) is 16.0 Å². The molecule has 0 aliphatic rings. The maximum Gasteiger partial charge on any atom is 0.326 e. The minimum atomic E-state index is -1.16. The molecule has 4 atom stereocenters. The zero-order chi connectivity index (χ0) is 28.1.